The molecule has 0 fully saturated rings. The third-order valence-electron chi connectivity index (χ3n) is 1.53. The van der Waals surface area contributed by atoms with Gasteiger partial charge in [0.15, 0.2) is 0 Å². The molecule has 0 bridgehead atoms. The lowest BCUT2D eigenvalue weighted by molar-refractivity contribution is 0.282. The number of aliphatic hydroxyl groups excluding tert-OH is 1. The third kappa shape index (κ3) is 2.55. The van der Waals surface area contributed by atoms with Crippen molar-refractivity contribution in [3.8, 4) is 0 Å². The predicted molar refractivity (Wildman–Crippen MR) is 51.1 cm³/mol. The summed E-state index contributed by atoms with van der Waals surface area (Å²) in [4.78, 5) is 3.80. The van der Waals surface area contributed by atoms with Crippen molar-refractivity contribution in [1.29, 1.82) is 0 Å². The molecule has 1 N–H and O–H groups in total. The number of aliphatic imine (C=N–C) groups is 1. The van der Waals surface area contributed by atoms with Gasteiger partial charge >= 0.3 is 0 Å². The van der Waals surface area contributed by atoms with Gasteiger partial charge < -0.3 is 5.11 Å². The van der Waals surface area contributed by atoms with Crippen molar-refractivity contribution in [2.75, 3.05) is 0 Å². The minimum absolute atomic E-state index is 0.0801. The summed E-state index contributed by atoms with van der Waals surface area (Å²) in [6, 6.07) is 7.58. The van der Waals surface area contributed by atoms with Gasteiger partial charge in [-0.1, -0.05) is 24.3 Å². The zero-order valence-corrected chi connectivity index (χ0v) is 7.34. The summed E-state index contributed by atoms with van der Waals surface area (Å²) < 4.78 is 0. The topological polar surface area (TPSA) is 32.6 Å². The SMILES string of the molecule is OCc1ccc(CN=C=S)cc1. The second-order valence-electron chi connectivity index (χ2n) is 2.38. The lowest BCUT2D eigenvalue weighted by Gasteiger charge is -1.97. The Kier molecular flexibility index (Phi) is 3.61. The molecular weight excluding hydrogens is 170 g/mol. The average molecular weight is 179 g/mol. The Balaban J connectivity index is 2.70. The third-order valence-corrected chi connectivity index (χ3v) is 1.66. The first-order chi connectivity index (χ1) is 5.86. The highest BCUT2D eigenvalue weighted by Crippen LogP contribution is 2.04. The Bertz CT molecular complexity index is 288. The summed E-state index contributed by atoms with van der Waals surface area (Å²) in [5, 5.41) is 11.1. The normalized spacial score (nSPS) is 9.08. The molecule has 0 aliphatic rings. The number of isothiocyanates is 1. The largest absolute Gasteiger partial charge is 0.392 e. The van der Waals surface area contributed by atoms with Crippen LogP contribution >= 0.6 is 12.2 Å². The van der Waals surface area contributed by atoms with Crippen LogP contribution < -0.4 is 0 Å². The maximum absolute atomic E-state index is 8.75. The molecule has 12 heavy (non-hydrogen) atoms. The highest BCUT2D eigenvalue weighted by atomic mass is 32.1. The molecule has 0 unspecified atom stereocenters. The first-order valence-corrected chi connectivity index (χ1v) is 4.00. The minimum atomic E-state index is 0.0801. The zero-order chi connectivity index (χ0) is 8.81. The predicted octanol–water partition coefficient (Wildman–Crippen LogP) is 1.78. The summed E-state index contributed by atoms with van der Waals surface area (Å²) in [5.74, 6) is 0. The zero-order valence-electron chi connectivity index (χ0n) is 6.53. The van der Waals surface area contributed by atoms with E-state index in [1.165, 1.54) is 0 Å². The second kappa shape index (κ2) is 4.78. The first-order valence-electron chi connectivity index (χ1n) is 3.59. The molecule has 3 heteroatoms. The molecule has 0 atom stereocenters. The Morgan fingerprint density at radius 1 is 1.25 bits per heavy atom. The van der Waals surface area contributed by atoms with Crippen LogP contribution in [0.3, 0.4) is 0 Å². The Morgan fingerprint density at radius 2 is 1.83 bits per heavy atom. The van der Waals surface area contributed by atoms with E-state index in [0.717, 1.165) is 11.1 Å². The standard InChI is InChI=1S/C9H9NOS/c11-6-9-3-1-8(2-4-9)5-10-7-12/h1-4,11H,5-6H2. The first kappa shape index (κ1) is 9.07. The number of nitrogens with zero attached hydrogens (tertiary/aromatic N) is 1. The van der Waals surface area contributed by atoms with Gasteiger partial charge in [0, 0.05) is 0 Å². The van der Waals surface area contributed by atoms with Gasteiger partial charge in [0.05, 0.1) is 18.3 Å². The molecule has 0 saturated heterocycles. The lowest BCUT2D eigenvalue weighted by Crippen LogP contribution is -1.84. The summed E-state index contributed by atoms with van der Waals surface area (Å²) in [5.41, 5.74) is 1.98. The number of aliphatic hydroxyl groups is 1. The molecular formula is C9H9NOS. The maximum Gasteiger partial charge on any atom is 0.0743 e. The number of thiocarbonyl (C=S) groups is 1. The van der Waals surface area contributed by atoms with Gasteiger partial charge in [-0.15, -0.1) is 0 Å². The van der Waals surface area contributed by atoms with Crippen molar-refractivity contribution in [3.63, 3.8) is 0 Å². The van der Waals surface area contributed by atoms with Crippen LogP contribution in [0.5, 0.6) is 0 Å². The molecule has 1 aromatic carbocycles. The highest BCUT2D eigenvalue weighted by Gasteiger charge is 1.91. The minimum Gasteiger partial charge on any atom is -0.392 e. The number of benzene rings is 1. The quantitative estimate of drug-likeness (QED) is 0.566. The van der Waals surface area contributed by atoms with Crippen molar-refractivity contribution >= 4 is 17.4 Å². The molecule has 1 rings (SSSR count). The molecule has 1 aromatic rings. The van der Waals surface area contributed by atoms with Crippen LogP contribution in [0.1, 0.15) is 11.1 Å². The lowest BCUT2D eigenvalue weighted by atomic mass is 10.1. The smallest absolute Gasteiger partial charge is 0.0743 e. The highest BCUT2D eigenvalue weighted by molar-refractivity contribution is 7.78. The van der Waals surface area contributed by atoms with E-state index < -0.39 is 0 Å². The Morgan fingerprint density at radius 3 is 2.33 bits per heavy atom. The number of hydrogen-bond donors (Lipinski definition) is 1. The fourth-order valence-corrected chi connectivity index (χ4v) is 0.938. The van der Waals surface area contributed by atoms with Gasteiger partial charge in [-0.25, -0.2) is 4.99 Å². The molecule has 0 heterocycles. The van der Waals surface area contributed by atoms with Crippen molar-refractivity contribution in [2.45, 2.75) is 13.2 Å². The van der Waals surface area contributed by atoms with Crippen LogP contribution in [0.2, 0.25) is 0 Å². The fraction of sp³-hybridized carbons (Fsp3) is 0.222. The molecule has 0 radical (unpaired) electrons. The van der Waals surface area contributed by atoms with E-state index in [4.69, 9.17) is 5.11 Å². The van der Waals surface area contributed by atoms with E-state index >= 15 is 0 Å². The van der Waals surface area contributed by atoms with Crippen LogP contribution in [0.25, 0.3) is 0 Å². The second-order valence-corrected chi connectivity index (χ2v) is 2.56. The Hall–Kier alpha value is -1.02. The van der Waals surface area contributed by atoms with Crippen LogP contribution in [-0.4, -0.2) is 10.3 Å². The molecule has 2 nitrogen and oxygen atoms in total. The summed E-state index contributed by atoms with van der Waals surface area (Å²) >= 11 is 4.44. The van der Waals surface area contributed by atoms with Crippen molar-refractivity contribution in [2.24, 2.45) is 4.99 Å². The molecule has 0 aliphatic carbocycles. The van der Waals surface area contributed by atoms with Gasteiger partial charge in [0.25, 0.3) is 0 Å². The van der Waals surface area contributed by atoms with Gasteiger partial charge in [-0.2, -0.15) is 0 Å². The van der Waals surface area contributed by atoms with E-state index in [9.17, 15) is 0 Å². The molecule has 0 saturated carbocycles. The maximum atomic E-state index is 8.75. The van der Waals surface area contributed by atoms with Crippen molar-refractivity contribution < 1.29 is 5.11 Å². The van der Waals surface area contributed by atoms with Crippen molar-refractivity contribution in [3.05, 3.63) is 35.4 Å². The van der Waals surface area contributed by atoms with E-state index in [0.29, 0.717) is 6.54 Å². The average Bonchev–Trinajstić information content (AvgIpc) is 2.15. The van der Waals surface area contributed by atoms with Gasteiger partial charge in [-0.3, -0.25) is 0 Å². The summed E-state index contributed by atoms with van der Waals surface area (Å²) in [6.07, 6.45) is 0. The molecule has 0 aliphatic heterocycles. The number of rotatable bonds is 3. The molecule has 0 amide bonds. The van der Waals surface area contributed by atoms with Gasteiger partial charge in [0.2, 0.25) is 0 Å². The van der Waals surface area contributed by atoms with Crippen LogP contribution in [-0.2, 0) is 13.2 Å². The van der Waals surface area contributed by atoms with E-state index in [1.54, 1.807) is 0 Å². The van der Waals surface area contributed by atoms with E-state index in [1.807, 2.05) is 24.3 Å². The number of hydrogen-bond acceptors (Lipinski definition) is 3. The van der Waals surface area contributed by atoms with Crippen molar-refractivity contribution in [1.82, 2.24) is 0 Å². The monoisotopic (exact) mass is 179 g/mol. The van der Waals surface area contributed by atoms with E-state index in [-0.39, 0.29) is 6.61 Å². The molecule has 0 spiro atoms. The van der Waals surface area contributed by atoms with E-state index in [2.05, 4.69) is 22.4 Å². The molecule has 0 aromatic heterocycles. The summed E-state index contributed by atoms with van der Waals surface area (Å²) in [6.45, 7) is 0.645. The summed E-state index contributed by atoms with van der Waals surface area (Å²) in [7, 11) is 0. The van der Waals surface area contributed by atoms with Crippen LogP contribution in [0.15, 0.2) is 29.3 Å². The molecule has 62 valence electrons. The van der Waals surface area contributed by atoms with Gasteiger partial charge in [0.1, 0.15) is 0 Å². The van der Waals surface area contributed by atoms with Crippen LogP contribution in [0.4, 0.5) is 0 Å². The fourth-order valence-electron chi connectivity index (χ4n) is 0.874. The van der Waals surface area contributed by atoms with Gasteiger partial charge in [-0.05, 0) is 23.3 Å². The van der Waals surface area contributed by atoms with Crippen LogP contribution in [0, 0.1) is 0 Å². The Labute approximate surface area is 76.6 Å².